The van der Waals surface area contributed by atoms with Gasteiger partial charge in [-0.25, -0.2) is 0 Å². The molecule has 7 heteroatoms. The first-order valence-electron chi connectivity index (χ1n) is 8.82. The molecule has 0 spiro atoms. The van der Waals surface area contributed by atoms with Crippen LogP contribution in [0.4, 0.5) is 17.1 Å². The van der Waals surface area contributed by atoms with Gasteiger partial charge in [0.1, 0.15) is 0 Å². The lowest BCUT2D eigenvalue weighted by molar-refractivity contribution is -0.114. The second-order valence-corrected chi connectivity index (χ2v) is 6.51. The van der Waals surface area contributed by atoms with E-state index in [1.807, 2.05) is 6.07 Å². The summed E-state index contributed by atoms with van der Waals surface area (Å²) in [7, 11) is 0. The Morgan fingerprint density at radius 1 is 0.963 bits per heavy atom. The molecule has 0 atom stereocenters. The standard InChI is InChI=1S/C20H22N4O3/c1-13(25)22-16-6-4-5-15(11-16)20(27)23-17-12-14(19(21)26)7-8-18(17)24-9-2-3-10-24/h4-8,11-12H,2-3,9-10H2,1H3,(H2,21,26)(H,22,25)(H,23,27). The predicted molar refractivity (Wildman–Crippen MR) is 105 cm³/mol. The first-order chi connectivity index (χ1) is 12.9. The minimum atomic E-state index is -0.550. The van der Waals surface area contributed by atoms with Crippen LogP contribution in [0.25, 0.3) is 0 Å². The lowest BCUT2D eigenvalue weighted by Crippen LogP contribution is -2.22. The molecule has 3 amide bonds. The van der Waals surface area contributed by atoms with E-state index in [1.165, 1.54) is 6.92 Å². The van der Waals surface area contributed by atoms with Gasteiger partial charge in [0.15, 0.2) is 0 Å². The summed E-state index contributed by atoms with van der Waals surface area (Å²) in [5, 5.41) is 5.53. The number of nitrogens with zero attached hydrogens (tertiary/aromatic N) is 1. The zero-order valence-corrected chi connectivity index (χ0v) is 15.1. The molecule has 2 aromatic rings. The van der Waals surface area contributed by atoms with Crippen molar-refractivity contribution in [1.82, 2.24) is 0 Å². The van der Waals surface area contributed by atoms with E-state index in [-0.39, 0.29) is 11.8 Å². The van der Waals surface area contributed by atoms with Crippen molar-refractivity contribution in [1.29, 1.82) is 0 Å². The van der Waals surface area contributed by atoms with Gasteiger partial charge < -0.3 is 21.3 Å². The van der Waals surface area contributed by atoms with E-state index in [0.717, 1.165) is 31.6 Å². The van der Waals surface area contributed by atoms with Crippen molar-refractivity contribution < 1.29 is 14.4 Å². The van der Waals surface area contributed by atoms with Gasteiger partial charge in [-0.1, -0.05) is 6.07 Å². The molecule has 0 radical (unpaired) electrons. The zero-order chi connectivity index (χ0) is 19.4. The Kier molecular flexibility index (Phi) is 5.40. The topological polar surface area (TPSA) is 105 Å². The summed E-state index contributed by atoms with van der Waals surface area (Å²) in [6, 6.07) is 11.8. The van der Waals surface area contributed by atoms with Crippen LogP contribution in [0.1, 0.15) is 40.5 Å². The molecule has 2 aromatic carbocycles. The highest BCUT2D eigenvalue weighted by atomic mass is 16.2. The zero-order valence-electron chi connectivity index (χ0n) is 15.1. The number of carbonyl (C=O) groups is 3. The molecule has 0 bridgehead atoms. The van der Waals surface area contributed by atoms with E-state index in [0.29, 0.717) is 22.5 Å². The Balaban J connectivity index is 1.89. The number of primary amides is 1. The summed E-state index contributed by atoms with van der Waals surface area (Å²) in [6.45, 7) is 3.21. The second-order valence-electron chi connectivity index (χ2n) is 6.51. The number of nitrogens with two attached hydrogens (primary N) is 1. The van der Waals surface area contributed by atoms with E-state index in [1.54, 1.807) is 36.4 Å². The molecule has 3 rings (SSSR count). The first-order valence-corrected chi connectivity index (χ1v) is 8.82. The molecular formula is C20H22N4O3. The minimum Gasteiger partial charge on any atom is -0.370 e. The van der Waals surface area contributed by atoms with Crippen LogP contribution in [0, 0.1) is 0 Å². The summed E-state index contributed by atoms with van der Waals surface area (Å²) < 4.78 is 0. The average Bonchev–Trinajstić information content (AvgIpc) is 3.15. The van der Waals surface area contributed by atoms with Crippen molar-refractivity contribution in [2.24, 2.45) is 5.73 Å². The monoisotopic (exact) mass is 366 g/mol. The highest BCUT2D eigenvalue weighted by Crippen LogP contribution is 2.30. The number of rotatable bonds is 5. The smallest absolute Gasteiger partial charge is 0.255 e. The van der Waals surface area contributed by atoms with Crippen LogP contribution in [-0.4, -0.2) is 30.8 Å². The highest BCUT2D eigenvalue weighted by molar-refractivity contribution is 6.07. The number of nitrogens with one attached hydrogen (secondary N) is 2. The van der Waals surface area contributed by atoms with Gasteiger partial charge >= 0.3 is 0 Å². The van der Waals surface area contributed by atoms with Crippen molar-refractivity contribution in [3.8, 4) is 0 Å². The van der Waals surface area contributed by atoms with Crippen LogP contribution >= 0.6 is 0 Å². The summed E-state index contributed by atoms with van der Waals surface area (Å²) in [5.74, 6) is -1.09. The van der Waals surface area contributed by atoms with Gasteiger partial charge in [-0.3, -0.25) is 14.4 Å². The summed E-state index contributed by atoms with van der Waals surface area (Å²) in [6.07, 6.45) is 2.17. The van der Waals surface area contributed by atoms with Gasteiger partial charge in [-0.2, -0.15) is 0 Å². The van der Waals surface area contributed by atoms with Crippen molar-refractivity contribution in [2.45, 2.75) is 19.8 Å². The summed E-state index contributed by atoms with van der Waals surface area (Å²) in [5.41, 5.74) is 8.08. The van der Waals surface area contributed by atoms with Gasteiger partial charge in [-0.05, 0) is 49.2 Å². The number of benzene rings is 2. The molecule has 4 N–H and O–H groups in total. The Morgan fingerprint density at radius 3 is 2.37 bits per heavy atom. The minimum absolute atomic E-state index is 0.210. The van der Waals surface area contributed by atoms with E-state index >= 15 is 0 Å². The fourth-order valence-corrected chi connectivity index (χ4v) is 3.16. The summed E-state index contributed by atoms with van der Waals surface area (Å²) >= 11 is 0. The lowest BCUT2D eigenvalue weighted by atomic mass is 10.1. The molecule has 0 aromatic heterocycles. The molecule has 0 unspecified atom stereocenters. The predicted octanol–water partition coefficient (Wildman–Crippen LogP) is 2.60. The van der Waals surface area contributed by atoms with E-state index in [4.69, 9.17) is 5.73 Å². The number of hydrogen-bond acceptors (Lipinski definition) is 4. The Hall–Kier alpha value is -3.35. The largest absolute Gasteiger partial charge is 0.370 e. The molecule has 7 nitrogen and oxygen atoms in total. The van der Waals surface area contributed by atoms with Gasteiger partial charge in [0.05, 0.1) is 11.4 Å². The van der Waals surface area contributed by atoms with E-state index in [9.17, 15) is 14.4 Å². The molecule has 1 fully saturated rings. The summed E-state index contributed by atoms with van der Waals surface area (Å²) in [4.78, 5) is 37.7. The Labute approximate surface area is 157 Å². The van der Waals surface area contributed by atoms with Crippen LogP contribution in [0.3, 0.4) is 0 Å². The highest BCUT2D eigenvalue weighted by Gasteiger charge is 2.19. The van der Waals surface area contributed by atoms with E-state index < -0.39 is 5.91 Å². The first kappa shape index (κ1) is 18.4. The fourth-order valence-electron chi connectivity index (χ4n) is 3.16. The molecule has 27 heavy (non-hydrogen) atoms. The third kappa shape index (κ3) is 4.44. The third-order valence-electron chi connectivity index (χ3n) is 4.42. The average molecular weight is 366 g/mol. The molecule has 0 aliphatic carbocycles. The van der Waals surface area contributed by atoms with E-state index in [2.05, 4.69) is 15.5 Å². The van der Waals surface area contributed by atoms with Crippen molar-refractivity contribution in [3.63, 3.8) is 0 Å². The second kappa shape index (κ2) is 7.90. The molecule has 1 saturated heterocycles. The van der Waals surface area contributed by atoms with Gasteiger partial charge in [-0.15, -0.1) is 0 Å². The van der Waals surface area contributed by atoms with Crippen LogP contribution in [0.2, 0.25) is 0 Å². The number of anilines is 3. The van der Waals surface area contributed by atoms with Crippen molar-refractivity contribution in [3.05, 3.63) is 53.6 Å². The molecule has 140 valence electrons. The van der Waals surface area contributed by atoms with Crippen molar-refractivity contribution >= 4 is 34.8 Å². The van der Waals surface area contributed by atoms with Gasteiger partial charge in [0.2, 0.25) is 11.8 Å². The number of carbonyl (C=O) groups excluding carboxylic acids is 3. The maximum Gasteiger partial charge on any atom is 0.255 e. The lowest BCUT2D eigenvalue weighted by Gasteiger charge is -2.22. The maximum atomic E-state index is 12.7. The Morgan fingerprint density at radius 2 is 1.70 bits per heavy atom. The number of amides is 3. The normalized spacial score (nSPS) is 13.3. The fraction of sp³-hybridized carbons (Fsp3) is 0.250. The third-order valence-corrected chi connectivity index (χ3v) is 4.42. The SMILES string of the molecule is CC(=O)Nc1cccc(C(=O)Nc2cc(C(N)=O)ccc2N2CCCC2)c1. The molecule has 1 aliphatic rings. The number of hydrogen-bond donors (Lipinski definition) is 3. The quantitative estimate of drug-likeness (QED) is 0.756. The van der Waals surface area contributed by atoms with Crippen LogP contribution in [0.15, 0.2) is 42.5 Å². The molecule has 1 heterocycles. The Bertz CT molecular complexity index is 889. The molecular weight excluding hydrogens is 344 g/mol. The maximum absolute atomic E-state index is 12.7. The van der Waals surface area contributed by atoms with Crippen LogP contribution in [0.5, 0.6) is 0 Å². The van der Waals surface area contributed by atoms with Gasteiger partial charge in [0, 0.05) is 36.8 Å². The van der Waals surface area contributed by atoms with Crippen molar-refractivity contribution in [2.75, 3.05) is 28.6 Å². The van der Waals surface area contributed by atoms with Crippen LogP contribution < -0.4 is 21.3 Å². The molecule has 0 saturated carbocycles. The molecule has 1 aliphatic heterocycles. The van der Waals surface area contributed by atoms with Crippen LogP contribution in [-0.2, 0) is 4.79 Å². The van der Waals surface area contributed by atoms with Gasteiger partial charge in [0.25, 0.3) is 5.91 Å².